The summed E-state index contributed by atoms with van der Waals surface area (Å²) >= 11 is 1.66. The Balaban J connectivity index is 1.56. The summed E-state index contributed by atoms with van der Waals surface area (Å²) in [5.41, 5.74) is 1.07. The van der Waals surface area contributed by atoms with E-state index in [0.29, 0.717) is 6.54 Å². The van der Waals surface area contributed by atoms with Gasteiger partial charge in [-0.3, -0.25) is 9.80 Å². The van der Waals surface area contributed by atoms with Crippen molar-refractivity contribution in [1.82, 2.24) is 19.7 Å². The van der Waals surface area contributed by atoms with E-state index in [-0.39, 0.29) is 6.61 Å². The van der Waals surface area contributed by atoms with Gasteiger partial charge >= 0.3 is 0 Å². The largest absolute Gasteiger partial charge is 0.497 e. The molecule has 2 heterocycles. The first-order chi connectivity index (χ1) is 14.0. The maximum atomic E-state index is 10.5. The number of piperazine rings is 1. The Kier molecular flexibility index (Phi) is 8.26. The molecule has 3 rings (SSSR count). The Morgan fingerprint density at radius 1 is 1.24 bits per heavy atom. The van der Waals surface area contributed by atoms with Crippen LogP contribution in [-0.4, -0.2) is 91.4 Å². The van der Waals surface area contributed by atoms with Crippen LogP contribution in [0.25, 0.3) is 0 Å². The number of aliphatic hydroxyl groups is 1. The molecule has 1 fully saturated rings. The molecule has 0 amide bonds. The monoisotopic (exact) mass is 420 g/mol. The van der Waals surface area contributed by atoms with Crippen molar-refractivity contribution in [3.63, 3.8) is 0 Å². The smallest absolute Gasteiger partial charge is 0.127 e. The summed E-state index contributed by atoms with van der Waals surface area (Å²) < 4.78 is 11.4. The second-order valence-electron chi connectivity index (χ2n) is 7.64. The zero-order valence-corrected chi connectivity index (χ0v) is 18.4. The number of benzene rings is 1. The van der Waals surface area contributed by atoms with Crippen LogP contribution >= 0.6 is 11.3 Å². The van der Waals surface area contributed by atoms with Crippen molar-refractivity contribution in [2.45, 2.75) is 19.2 Å². The SMILES string of the molecule is COc1ccc(CN(C)Cc2nccs2)c(OC[C@H](O)CN2CCN(C)CC2)c1. The van der Waals surface area contributed by atoms with Crippen molar-refractivity contribution >= 4 is 11.3 Å². The number of nitrogens with zero attached hydrogens (tertiary/aromatic N) is 4. The first kappa shape index (κ1) is 22.0. The molecule has 1 aromatic heterocycles. The van der Waals surface area contributed by atoms with E-state index in [1.807, 2.05) is 29.8 Å². The third-order valence-corrected chi connectivity index (χ3v) is 5.86. The molecule has 1 aliphatic rings. The fourth-order valence-electron chi connectivity index (χ4n) is 3.40. The molecule has 0 unspecified atom stereocenters. The molecular formula is C21H32N4O3S. The number of aliphatic hydroxyl groups excluding tert-OH is 1. The lowest BCUT2D eigenvalue weighted by atomic mass is 10.1. The number of thiazole rings is 1. The van der Waals surface area contributed by atoms with E-state index in [2.05, 4.69) is 33.8 Å². The van der Waals surface area contributed by atoms with Crippen LogP contribution in [-0.2, 0) is 13.1 Å². The molecule has 0 saturated carbocycles. The molecular weight excluding hydrogens is 388 g/mol. The van der Waals surface area contributed by atoms with Crippen LogP contribution in [0.5, 0.6) is 11.5 Å². The van der Waals surface area contributed by atoms with E-state index in [9.17, 15) is 5.11 Å². The Morgan fingerprint density at radius 3 is 2.72 bits per heavy atom. The van der Waals surface area contributed by atoms with E-state index in [1.165, 1.54) is 0 Å². The van der Waals surface area contributed by atoms with Gasteiger partial charge in [0.2, 0.25) is 0 Å². The van der Waals surface area contributed by atoms with Gasteiger partial charge in [0.25, 0.3) is 0 Å². The summed E-state index contributed by atoms with van der Waals surface area (Å²) in [7, 11) is 5.85. The molecule has 1 aromatic carbocycles. The Hall–Kier alpha value is -1.71. The third-order valence-electron chi connectivity index (χ3n) is 5.10. The number of hydrogen-bond acceptors (Lipinski definition) is 8. The van der Waals surface area contributed by atoms with Gasteiger partial charge in [-0.2, -0.15) is 0 Å². The maximum Gasteiger partial charge on any atom is 0.127 e. The van der Waals surface area contributed by atoms with Gasteiger partial charge in [-0.05, 0) is 20.2 Å². The summed E-state index contributed by atoms with van der Waals surface area (Å²) in [6.45, 7) is 6.47. The highest BCUT2D eigenvalue weighted by molar-refractivity contribution is 7.09. The van der Waals surface area contributed by atoms with E-state index >= 15 is 0 Å². The molecule has 1 saturated heterocycles. The van der Waals surface area contributed by atoms with Crippen LogP contribution in [0.2, 0.25) is 0 Å². The Labute approximate surface area is 177 Å². The maximum absolute atomic E-state index is 10.5. The molecule has 7 nitrogen and oxygen atoms in total. The summed E-state index contributed by atoms with van der Waals surface area (Å²) in [5, 5.41) is 13.6. The summed E-state index contributed by atoms with van der Waals surface area (Å²) in [6, 6.07) is 5.87. The highest BCUT2D eigenvalue weighted by Gasteiger charge is 2.18. The first-order valence-corrected chi connectivity index (χ1v) is 10.9. The fourth-order valence-corrected chi connectivity index (χ4v) is 4.10. The van der Waals surface area contributed by atoms with Gasteiger partial charge in [0.15, 0.2) is 0 Å². The van der Waals surface area contributed by atoms with Crippen LogP contribution in [0.4, 0.5) is 0 Å². The quantitative estimate of drug-likeness (QED) is 0.629. The van der Waals surface area contributed by atoms with Crippen molar-refractivity contribution in [2.24, 2.45) is 0 Å². The number of methoxy groups -OCH3 is 1. The number of ether oxygens (including phenoxy) is 2. The van der Waals surface area contributed by atoms with Gasteiger partial charge < -0.3 is 19.5 Å². The topological polar surface area (TPSA) is 61.3 Å². The molecule has 8 heteroatoms. The van der Waals surface area contributed by atoms with Crippen molar-refractivity contribution in [1.29, 1.82) is 0 Å². The molecule has 1 atom stereocenters. The number of aromatic nitrogens is 1. The molecule has 1 N–H and O–H groups in total. The standard InChI is InChI=1S/C21H32N4O3S/c1-23-7-9-25(10-8-23)14-18(26)16-28-20-12-19(27-3)5-4-17(20)13-24(2)15-21-22-6-11-29-21/h4-6,11-12,18,26H,7-10,13-16H2,1-3H3/t18-/m1/s1. The van der Waals surface area contributed by atoms with Gasteiger partial charge in [0.1, 0.15) is 29.2 Å². The second kappa shape index (κ2) is 10.9. The summed E-state index contributed by atoms with van der Waals surface area (Å²) in [4.78, 5) is 11.2. The van der Waals surface area contributed by atoms with Crippen molar-refractivity contribution in [2.75, 3.05) is 60.5 Å². The number of β-amino-alcohol motifs (C(OH)–C–C–N with tert-alkyl or cyclic N) is 1. The van der Waals surface area contributed by atoms with Crippen LogP contribution in [0.3, 0.4) is 0 Å². The molecule has 0 aliphatic carbocycles. The summed E-state index contributed by atoms with van der Waals surface area (Å²) in [5.74, 6) is 1.51. The molecule has 2 aromatic rings. The lowest BCUT2D eigenvalue weighted by Gasteiger charge is -2.33. The van der Waals surface area contributed by atoms with Crippen molar-refractivity contribution in [3.8, 4) is 11.5 Å². The lowest BCUT2D eigenvalue weighted by molar-refractivity contribution is 0.0500. The second-order valence-corrected chi connectivity index (χ2v) is 8.62. The number of hydrogen-bond donors (Lipinski definition) is 1. The van der Waals surface area contributed by atoms with Crippen LogP contribution in [0, 0.1) is 0 Å². The predicted molar refractivity (Wildman–Crippen MR) is 116 cm³/mol. The molecule has 0 bridgehead atoms. The highest BCUT2D eigenvalue weighted by Crippen LogP contribution is 2.26. The normalized spacial score (nSPS) is 16.9. The lowest BCUT2D eigenvalue weighted by Crippen LogP contribution is -2.47. The van der Waals surface area contributed by atoms with E-state index < -0.39 is 6.10 Å². The fraction of sp³-hybridized carbons (Fsp3) is 0.571. The van der Waals surface area contributed by atoms with E-state index in [1.54, 1.807) is 18.4 Å². The van der Waals surface area contributed by atoms with Gasteiger partial charge in [-0.25, -0.2) is 4.98 Å². The van der Waals surface area contributed by atoms with E-state index in [0.717, 1.165) is 61.3 Å². The first-order valence-electron chi connectivity index (χ1n) is 9.99. The van der Waals surface area contributed by atoms with Gasteiger partial charge in [-0.15, -0.1) is 11.3 Å². The van der Waals surface area contributed by atoms with Crippen LogP contribution < -0.4 is 9.47 Å². The third kappa shape index (κ3) is 6.94. The molecule has 0 radical (unpaired) electrons. The molecule has 1 aliphatic heterocycles. The zero-order valence-electron chi connectivity index (χ0n) is 17.6. The Morgan fingerprint density at radius 2 is 2.03 bits per heavy atom. The van der Waals surface area contributed by atoms with Gasteiger partial charge in [0.05, 0.1) is 13.7 Å². The van der Waals surface area contributed by atoms with Gasteiger partial charge in [0, 0.05) is 62.5 Å². The van der Waals surface area contributed by atoms with Crippen LogP contribution in [0.15, 0.2) is 29.8 Å². The number of likely N-dealkylation sites (N-methyl/N-ethyl adjacent to an activating group) is 1. The number of rotatable bonds is 10. The molecule has 0 spiro atoms. The molecule has 29 heavy (non-hydrogen) atoms. The summed E-state index contributed by atoms with van der Waals surface area (Å²) in [6.07, 6.45) is 1.31. The molecule has 160 valence electrons. The highest BCUT2D eigenvalue weighted by atomic mass is 32.1. The minimum Gasteiger partial charge on any atom is -0.497 e. The zero-order chi connectivity index (χ0) is 20.6. The van der Waals surface area contributed by atoms with Crippen LogP contribution in [0.1, 0.15) is 10.6 Å². The Bertz CT molecular complexity index is 736. The van der Waals surface area contributed by atoms with E-state index in [4.69, 9.17) is 9.47 Å². The van der Waals surface area contributed by atoms with Crippen molar-refractivity contribution < 1.29 is 14.6 Å². The average molecular weight is 421 g/mol. The van der Waals surface area contributed by atoms with Gasteiger partial charge in [-0.1, -0.05) is 6.07 Å². The predicted octanol–water partition coefficient (Wildman–Crippen LogP) is 1.77. The minimum absolute atomic E-state index is 0.267. The average Bonchev–Trinajstić information content (AvgIpc) is 3.22. The van der Waals surface area contributed by atoms with Crippen molar-refractivity contribution in [3.05, 3.63) is 40.3 Å². The minimum atomic E-state index is -0.523.